The second-order valence-electron chi connectivity index (χ2n) is 6.96. The summed E-state index contributed by atoms with van der Waals surface area (Å²) in [4.78, 5) is 37.7. The number of urea groups is 1. The molecule has 0 saturated carbocycles. The molecule has 8 nitrogen and oxygen atoms in total. The zero-order valence-electron chi connectivity index (χ0n) is 16.5. The zero-order valence-corrected chi connectivity index (χ0v) is 16.5. The van der Waals surface area contributed by atoms with Crippen LogP contribution in [0.1, 0.15) is 39.8 Å². The predicted octanol–water partition coefficient (Wildman–Crippen LogP) is 1.95. The summed E-state index contributed by atoms with van der Waals surface area (Å²) in [6.45, 7) is 8.22. The monoisotopic (exact) mass is 384 g/mol. The zero-order chi connectivity index (χ0) is 20.4. The SMILES string of the molecule is Cc1ccc(Cn2nc(C)c(C(=O)O[C@H](C)C(=O)N3CCNC3=O)c2C)cc1. The molecule has 0 unspecified atom stereocenters. The molecule has 1 N–H and O–H groups in total. The fraction of sp³-hybridized carbons (Fsp3) is 0.400. The third kappa shape index (κ3) is 3.90. The van der Waals surface area contributed by atoms with Crippen LogP contribution in [0.5, 0.6) is 0 Å². The van der Waals surface area contributed by atoms with Crippen LogP contribution < -0.4 is 5.32 Å². The highest BCUT2D eigenvalue weighted by atomic mass is 16.5. The van der Waals surface area contributed by atoms with Gasteiger partial charge in [-0.05, 0) is 33.3 Å². The molecule has 1 aromatic carbocycles. The van der Waals surface area contributed by atoms with Crippen molar-refractivity contribution in [1.82, 2.24) is 20.0 Å². The topological polar surface area (TPSA) is 93.5 Å². The van der Waals surface area contributed by atoms with E-state index in [-0.39, 0.29) is 6.54 Å². The molecular formula is C20H24N4O4. The van der Waals surface area contributed by atoms with Crippen LogP contribution in [0.15, 0.2) is 24.3 Å². The molecule has 1 aliphatic rings. The molecule has 148 valence electrons. The summed E-state index contributed by atoms with van der Waals surface area (Å²) in [6.07, 6.45) is -1.06. The van der Waals surface area contributed by atoms with Crippen molar-refractivity contribution in [1.29, 1.82) is 0 Å². The van der Waals surface area contributed by atoms with E-state index in [1.807, 2.05) is 31.2 Å². The summed E-state index contributed by atoms with van der Waals surface area (Å²) in [5.74, 6) is -1.16. The molecule has 1 saturated heterocycles. The van der Waals surface area contributed by atoms with Crippen molar-refractivity contribution in [2.75, 3.05) is 13.1 Å². The Morgan fingerprint density at radius 2 is 1.89 bits per heavy atom. The van der Waals surface area contributed by atoms with Crippen molar-refractivity contribution in [3.63, 3.8) is 0 Å². The molecule has 3 rings (SSSR count). The molecule has 0 bridgehead atoms. The largest absolute Gasteiger partial charge is 0.449 e. The Hall–Kier alpha value is -3.16. The Bertz CT molecular complexity index is 917. The molecule has 2 aromatic rings. The fourth-order valence-electron chi connectivity index (χ4n) is 3.18. The van der Waals surface area contributed by atoms with Crippen LogP contribution in [0.25, 0.3) is 0 Å². The second-order valence-corrected chi connectivity index (χ2v) is 6.96. The fourth-order valence-corrected chi connectivity index (χ4v) is 3.18. The van der Waals surface area contributed by atoms with E-state index in [0.717, 1.165) is 10.5 Å². The lowest BCUT2D eigenvalue weighted by atomic mass is 10.1. The molecule has 0 aliphatic carbocycles. The highest BCUT2D eigenvalue weighted by Gasteiger charge is 2.32. The van der Waals surface area contributed by atoms with Gasteiger partial charge < -0.3 is 10.1 Å². The molecule has 2 heterocycles. The van der Waals surface area contributed by atoms with Gasteiger partial charge in [-0.3, -0.25) is 14.4 Å². The van der Waals surface area contributed by atoms with Gasteiger partial charge in [0.15, 0.2) is 6.10 Å². The van der Waals surface area contributed by atoms with Crippen molar-refractivity contribution < 1.29 is 19.1 Å². The number of hydrogen-bond acceptors (Lipinski definition) is 5. The van der Waals surface area contributed by atoms with E-state index < -0.39 is 24.0 Å². The first-order valence-electron chi connectivity index (χ1n) is 9.17. The molecular weight excluding hydrogens is 360 g/mol. The maximum absolute atomic E-state index is 12.7. The summed E-state index contributed by atoms with van der Waals surface area (Å²) < 4.78 is 7.08. The first-order valence-corrected chi connectivity index (χ1v) is 9.17. The lowest BCUT2D eigenvalue weighted by molar-refractivity contribution is -0.136. The summed E-state index contributed by atoms with van der Waals surface area (Å²) in [7, 11) is 0. The average molecular weight is 384 g/mol. The molecule has 28 heavy (non-hydrogen) atoms. The van der Waals surface area contributed by atoms with E-state index in [1.165, 1.54) is 12.5 Å². The van der Waals surface area contributed by atoms with Gasteiger partial charge in [0.05, 0.1) is 17.9 Å². The molecule has 1 atom stereocenters. The molecule has 1 aromatic heterocycles. The van der Waals surface area contributed by atoms with Crippen LogP contribution in [0.4, 0.5) is 4.79 Å². The number of amides is 3. The van der Waals surface area contributed by atoms with Crippen molar-refractivity contribution in [2.45, 2.75) is 40.3 Å². The van der Waals surface area contributed by atoms with Gasteiger partial charge in [0.2, 0.25) is 0 Å². The van der Waals surface area contributed by atoms with E-state index in [1.54, 1.807) is 18.5 Å². The first-order chi connectivity index (χ1) is 13.3. The quantitative estimate of drug-likeness (QED) is 0.796. The number of aryl methyl sites for hydroxylation is 2. The Kier molecular flexibility index (Phi) is 5.48. The third-order valence-corrected chi connectivity index (χ3v) is 4.79. The van der Waals surface area contributed by atoms with Gasteiger partial charge in [-0.15, -0.1) is 0 Å². The standard InChI is InChI=1S/C20H24N4O4/c1-12-5-7-16(8-6-12)11-24-14(3)17(13(2)22-24)19(26)28-15(4)18(25)23-10-9-21-20(23)27/h5-8,15H,9-11H2,1-4H3,(H,21,27)/t15-/m1/s1. The highest BCUT2D eigenvalue weighted by molar-refractivity contribution is 6.00. The minimum atomic E-state index is -1.06. The Morgan fingerprint density at radius 3 is 2.50 bits per heavy atom. The van der Waals surface area contributed by atoms with Crippen LogP contribution in [0, 0.1) is 20.8 Å². The number of rotatable bonds is 5. The number of nitrogens with zero attached hydrogens (tertiary/aromatic N) is 3. The van der Waals surface area contributed by atoms with Crippen molar-refractivity contribution in [2.24, 2.45) is 0 Å². The predicted molar refractivity (Wildman–Crippen MR) is 102 cm³/mol. The summed E-state index contributed by atoms with van der Waals surface area (Å²) in [5, 5.41) is 7.00. The number of esters is 1. The second kappa shape index (κ2) is 7.84. The summed E-state index contributed by atoms with van der Waals surface area (Å²) in [5.41, 5.74) is 3.79. The lowest BCUT2D eigenvalue weighted by Crippen LogP contribution is -2.41. The molecule has 1 aliphatic heterocycles. The van der Waals surface area contributed by atoms with Gasteiger partial charge >= 0.3 is 12.0 Å². The minimum absolute atomic E-state index is 0.270. The highest BCUT2D eigenvalue weighted by Crippen LogP contribution is 2.18. The van der Waals surface area contributed by atoms with Gasteiger partial charge in [-0.2, -0.15) is 5.10 Å². The molecule has 8 heteroatoms. The number of hydrogen-bond donors (Lipinski definition) is 1. The van der Waals surface area contributed by atoms with Crippen molar-refractivity contribution in [3.05, 3.63) is 52.3 Å². The molecule has 0 spiro atoms. The number of imide groups is 1. The number of ether oxygens (including phenoxy) is 1. The average Bonchev–Trinajstić information content (AvgIpc) is 3.19. The first kappa shape index (κ1) is 19.6. The maximum atomic E-state index is 12.7. The van der Waals surface area contributed by atoms with Gasteiger partial charge in [0, 0.05) is 13.1 Å². The van der Waals surface area contributed by atoms with Crippen molar-refractivity contribution >= 4 is 17.9 Å². The number of aromatic nitrogens is 2. The van der Waals surface area contributed by atoms with E-state index in [0.29, 0.717) is 30.0 Å². The van der Waals surface area contributed by atoms with Crippen LogP contribution in [-0.4, -0.2) is 51.8 Å². The van der Waals surface area contributed by atoms with Crippen LogP contribution in [-0.2, 0) is 16.1 Å². The number of benzene rings is 1. The van der Waals surface area contributed by atoms with Gasteiger partial charge in [-0.25, -0.2) is 9.59 Å². The van der Waals surface area contributed by atoms with Crippen LogP contribution in [0.3, 0.4) is 0 Å². The van der Waals surface area contributed by atoms with Crippen LogP contribution in [0.2, 0.25) is 0 Å². The van der Waals surface area contributed by atoms with Crippen LogP contribution >= 0.6 is 0 Å². The van der Waals surface area contributed by atoms with E-state index >= 15 is 0 Å². The van der Waals surface area contributed by atoms with E-state index in [4.69, 9.17) is 4.74 Å². The Morgan fingerprint density at radius 1 is 1.21 bits per heavy atom. The third-order valence-electron chi connectivity index (χ3n) is 4.79. The van der Waals surface area contributed by atoms with Crippen molar-refractivity contribution in [3.8, 4) is 0 Å². The Labute approximate surface area is 163 Å². The molecule has 0 radical (unpaired) electrons. The van der Waals surface area contributed by atoms with Gasteiger partial charge in [-0.1, -0.05) is 29.8 Å². The van der Waals surface area contributed by atoms with E-state index in [9.17, 15) is 14.4 Å². The van der Waals surface area contributed by atoms with Gasteiger partial charge in [0.25, 0.3) is 5.91 Å². The Balaban J connectivity index is 1.73. The lowest BCUT2D eigenvalue weighted by Gasteiger charge is -2.18. The minimum Gasteiger partial charge on any atom is -0.449 e. The summed E-state index contributed by atoms with van der Waals surface area (Å²) in [6, 6.07) is 7.62. The maximum Gasteiger partial charge on any atom is 0.342 e. The molecule has 1 fully saturated rings. The smallest absolute Gasteiger partial charge is 0.342 e. The van der Waals surface area contributed by atoms with Gasteiger partial charge in [0.1, 0.15) is 5.56 Å². The number of carbonyl (C=O) groups is 3. The number of nitrogens with one attached hydrogen (secondary N) is 1. The number of carbonyl (C=O) groups excluding carboxylic acids is 3. The normalized spacial score (nSPS) is 14.7. The van der Waals surface area contributed by atoms with E-state index in [2.05, 4.69) is 10.4 Å². The summed E-state index contributed by atoms with van der Waals surface area (Å²) >= 11 is 0. The molecule has 3 amide bonds.